The Morgan fingerprint density at radius 3 is 2.19 bits per heavy atom. The number of rotatable bonds is 22. The van der Waals surface area contributed by atoms with Gasteiger partial charge in [0.25, 0.3) is 0 Å². The summed E-state index contributed by atoms with van der Waals surface area (Å²) in [4.78, 5) is 47.7. The van der Waals surface area contributed by atoms with Gasteiger partial charge in [-0.05, 0) is 83.3 Å². The van der Waals surface area contributed by atoms with Gasteiger partial charge >= 0.3 is 6.09 Å². The third kappa shape index (κ3) is 17.1. The number of aliphatic hydroxyl groups is 3. The molecule has 1 aromatic heterocycles. The molecule has 5 aromatic rings. The summed E-state index contributed by atoms with van der Waals surface area (Å²) < 4.78 is 38.7. The molecule has 3 heterocycles. The van der Waals surface area contributed by atoms with Crippen LogP contribution in [0.5, 0.6) is 0 Å². The van der Waals surface area contributed by atoms with Crippen molar-refractivity contribution in [3.05, 3.63) is 162 Å². The van der Waals surface area contributed by atoms with Crippen LogP contribution in [0.1, 0.15) is 60.5 Å². The van der Waals surface area contributed by atoms with Crippen molar-refractivity contribution in [2.75, 3.05) is 65.3 Å². The van der Waals surface area contributed by atoms with E-state index in [9.17, 15) is 38.1 Å². The van der Waals surface area contributed by atoms with E-state index >= 15 is 0 Å². The SMILES string of the molecule is CC(C)CN(C[C@@H](O)[C@H](Cc1ccccc1)NC(=O)O[C@H]1CCOC1)S(=O)(=O)c1ccc(N)cc1.CNC(=O)[C@@H]1CN(Cc2cccnc2)CCN1C[C@@H](O)C[C@@H](Cc1ccccc1)C(=O)NC1c2ccccc2C[C@H]1O. The summed E-state index contributed by atoms with van der Waals surface area (Å²) in [6, 6.07) is 35.2. The topological polar surface area (TPSA) is 249 Å². The van der Waals surface area contributed by atoms with Gasteiger partial charge in [-0.1, -0.05) is 105 Å². The van der Waals surface area contributed by atoms with Gasteiger partial charge in [-0.3, -0.25) is 24.4 Å². The molecule has 0 saturated carbocycles. The minimum atomic E-state index is -3.90. The normalized spacial score (nSPS) is 20.3. The number of hydrogen-bond donors (Lipinski definition) is 7. The fraction of sp³-hybridized carbons (Fsp3) is 0.448. The maximum absolute atomic E-state index is 13.7. The fourth-order valence-electron chi connectivity index (χ4n) is 10.2. The van der Waals surface area contributed by atoms with Crippen LogP contribution in [0, 0.1) is 11.8 Å². The Morgan fingerprint density at radius 2 is 1.55 bits per heavy atom. The molecule has 3 aliphatic rings. The number of pyridine rings is 1. The number of alkyl carbamates (subject to hydrolysis) is 1. The van der Waals surface area contributed by atoms with Gasteiger partial charge in [0.05, 0.1) is 48.5 Å². The van der Waals surface area contributed by atoms with Gasteiger partial charge in [0, 0.05) is 89.7 Å². The molecule has 2 fully saturated rings. The van der Waals surface area contributed by atoms with Crippen molar-refractivity contribution in [1.82, 2.24) is 35.0 Å². The quantitative estimate of drug-likeness (QED) is 0.0483. The number of piperazine rings is 1. The molecule has 8 N–H and O–H groups in total. The van der Waals surface area contributed by atoms with Crippen LogP contribution >= 0.6 is 0 Å². The van der Waals surface area contributed by atoms with E-state index in [-0.39, 0.29) is 54.8 Å². The first kappa shape index (κ1) is 58.4. The lowest BCUT2D eigenvalue weighted by atomic mass is 9.91. The van der Waals surface area contributed by atoms with E-state index < -0.39 is 58.5 Å². The number of aromatic nitrogens is 1. The fourth-order valence-corrected chi connectivity index (χ4v) is 11.8. The minimum Gasteiger partial charge on any atom is -0.444 e. The van der Waals surface area contributed by atoms with Gasteiger partial charge in [-0.2, -0.15) is 4.31 Å². The minimum absolute atomic E-state index is 0.0126. The van der Waals surface area contributed by atoms with Crippen LogP contribution < -0.4 is 21.7 Å². The second kappa shape index (κ2) is 28.4. The van der Waals surface area contributed by atoms with Crippen LogP contribution in [0.15, 0.2) is 139 Å². The van der Waals surface area contributed by atoms with E-state index in [1.807, 2.05) is 122 Å². The number of ether oxygens (including phenoxy) is 2. The Balaban J connectivity index is 0.000000228. The highest BCUT2D eigenvalue weighted by molar-refractivity contribution is 7.89. The number of likely N-dealkylation sites (N-methyl/N-ethyl adjacent to an activating group) is 1. The smallest absolute Gasteiger partial charge is 0.407 e. The Kier molecular flexibility index (Phi) is 21.5. The summed E-state index contributed by atoms with van der Waals surface area (Å²) in [5.74, 6) is -0.778. The van der Waals surface area contributed by atoms with Gasteiger partial charge in [0.1, 0.15) is 12.1 Å². The lowest BCUT2D eigenvalue weighted by Crippen LogP contribution is -2.59. The van der Waals surface area contributed by atoms with Crippen LogP contribution in [0.4, 0.5) is 10.5 Å². The number of nitrogens with two attached hydrogens (primary N) is 1. The first-order valence-electron chi connectivity index (χ1n) is 26.5. The molecule has 3 amide bonds. The van der Waals surface area contributed by atoms with Crippen molar-refractivity contribution in [1.29, 1.82) is 0 Å². The van der Waals surface area contributed by atoms with Crippen LogP contribution in [0.2, 0.25) is 0 Å². The zero-order chi connectivity index (χ0) is 54.9. The molecule has 2 aliphatic heterocycles. The zero-order valence-corrected chi connectivity index (χ0v) is 45.1. The van der Waals surface area contributed by atoms with Gasteiger partial charge < -0.3 is 46.5 Å². The van der Waals surface area contributed by atoms with Crippen LogP contribution in [0.25, 0.3) is 0 Å². The molecule has 4 aromatic carbocycles. The third-order valence-corrected chi connectivity index (χ3v) is 16.0. The molecule has 18 nitrogen and oxygen atoms in total. The number of carbonyl (C=O) groups is 3. The number of nitrogens with one attached hydrogen (secondary N) is 3. The summed E-state index contributed by atoms with van der Waals surface area (Å²) in [7, 11) is -2.27. The molecule has 1 unspecified atom stereocenters. The average molecular weight is 1080 g/mol. The summed E-state index contributed by atoms with van der Waals surface area (Å²) >= 11 is 0. The van der Waals surface area contributed by atoms with E-state index in [1.165, 1.54) is 28.6 Å². The maximum Gasteiger partial charge on any atom is 0.407 e. The van der Waals surface area contributed by atoms with Gasteiger partial charge in [0.15, 0.2) is 0 Å². The number of β-amino-alcohol motifs (C(OH)–C–C–N with tert-alkyl or cyclic N) is 1. The predicted molar refractivity (Wildman–Crippen MR) is 293 cm³/mol. The number of amides is 3. The predicted octanol–water partition coefficient (Wildman–Crippen LogP) is 4.10. The number of sulfonamides is 1. The number of nitrogen functional groups attached to an aromatic ring is 1. The van der Waals surface area contributed by atoms with Crippen LogP contribution in [0.3, 0.4) is 0 Å². The molecular formula is C58H76N8O10S. The van der Waals surface area contributed by atoms with Gasteiger partial charge in [-0.25, -0.2) is 13.2 Å². The average Bonchev–Trinajstić information content (AvgIpc) is 4.06. The monoisotopic (exact) mass is 1080 g/mol. The Morgan fingerprint density at radius 1 is 0.870 bits per heavy atom. The van der Waals surface area contributed by atoms with Crippen molar-refractivity contribution >= 4 is 33.6 Å². The van der Waals surface area contributed by atoms with E-state index in [0.717, 1.165) is 34.4 Å². The Hall–Kier alpha value is -6.29. The van der Waals surface area contributed by atoms with Crippen molar-refractivity contribution in [2.24, 2.45) is 11.8 Å². The molecule has 2 saturated heterocycles. The van der Waals surface area contributed by atoms with E-state index in [4.69, 9.17) is 15.2 Å². The highest BCUT2D eigenvalue weighted by Gasteiger charge is 2.37. The molecule has 8 rings (SSSR count). The van der Waals surface area contributed by atoms with Crippen molar-refractivity contribution in [3.8, 4) is 0 Å². The first-order chi connectivity index (χ1) is 37.1. The summed E-state index contributed by atoms with van der Waals surface area (Å²) in [5, 5.41) is 41.9. The lowest BCUT2D eigenvalue weighted by Gasteiger charge is -2.41. The van der Waals surface area contributed by atoms with E-state index in [0.29, 0.717) is 64.2 Å². The van der Waals surface area contributed by atoms with Gasteiger partial charge in [0.2, 0.25) is 21.8 Å². The number of anilines is 1. The molecule has 0 spiro atoms. The largest absolute Gasteiger partial charge is 0.444 e. The zero-order valence-electron chi connectivity index (χ0n) is 44.3. The van der Waals surface area contributed by atoms with Crippen molar-refractivity contribution < 1.29 is 47.6 Å². The summed E-state index contributed by atoms with van der Waals surface area (Å²) in [6.45, 7) is 7.56. The number of benzene rings is 4. The maximum atomic E-state index is 13.7. The lowest BCUT2D eigenvalue weighted by molar-refractivity contribution is -0.131. The van der Waals surface area contributed by atoms with E-state index in [2.05, 4.69) is 25.8 Å². The standard InChI is InChI=1S/C33H41N5O4.C25H35N3O6S/c1-34-33(42)29-22-37(20-24-10-7-13-35-19-24)14-15-38(29)21-27(39)17-26(16-23-8-3-2-4-9-23)32(41)36-31-28-12-6-5-11-25(28)18-30(31)40;1-18(2)15-28(35(31,32)22-10-8-20(26)9-11-22)16-24(29)23(14-19-6-4-3-5-7-19)27-25(30)34-21-12-13-33-17-21/h2-13,19,26-27,29-31,39-40H,14-18,20-22H2,1H3,(H,34,42)(H,36,41);3-11,18,21,23-24,29H,12-17,26H2,1-2H3,(H,27,30)/t26-,27+,29+,30-,31?;21-,23-,24+/m10/s1. The summed E-state index contributed by atoms with van der Waals surface area (Å²) in [5.41, 5.74) is 11.1. The second-order valence-corrected chi connectivity index (χ2v) is 22.6. The van der Waals surface area contributed by atoms with Crippen molar-refractivity contribution in [2.45, 2.75) is 99.9 Å². The van der Waals surface area contributed by atoms with Crippen LogP contribution in [-0.2, 0) is 54.9 Å². The number of fused-ring (bicyclic) bond motifs is 1. The third-order valence-electron chi connectivity index (χ3n) is 14.2. The van der Waals surface area contributed by atoms with E-state index in [1.54, 1.807) is 13.2 Å². The molecular weight excluding hydrogens is 1000 g/mol. The van der Waals surface area contributed by atoms with Crippen LogP contribution in [-0.4, -0.2) is 157 Å². The molecule has 19 heteroatoms. The van der Waals surface area contributed by atoms with Gasteiger partial charge in [-0.15, -0.1) is 0 Å². The molecule has 77 heavy (non-hydrogen) atoms. The number of hydrogen-bond acceptors (Lipinski definition) is 14. The first-order valence-corrected chi connectivity index (χ1v) is 28.0. The second-order valence-electron chi connectivity index (χ2n) is 20.6. The Bertz CT molecular complexity index is 2740. The van der Waals surface area contributed by atoms with Crippen molar-refractivity contribution in [3.63, 3.8) is 0 Å². The molecule has 0 radical (unpaired) electrons. The Labute approximate surface area is 453 Å². The number of aliphatic hydroxyl groups excluding tert-OH is 3. The number of nitrogens with zero attached hydrogens (tertiary/aromatic N) is 4. The highest BCUT2D eigenvalue weighted by Crippen LogP contribution is 2.32. The summed E-state index contributed by atoms with van der Waals surface area (Å²) in [6.07, 6.45) is 2.00. The molecule has 8 atom stereocenters. The highest BCUT2D eigenvalue weighted by atomic mass is 32.2. The molecule has 414 valence electrons. The molecule has 0 bridgehead atoms. The molecule has 1 aliphatic carbocycles. The number of carbonyl (C=O) groups excluding carboxylic acids is 3.